The predicted molar refractivity (Wildman–Crippen MR) is 98.7 cm³/mol. The Kier molecular flexibility index (Phi) is 4.98. The number of nitrogens with zero attached hydrogens (tertiary/aromatic N) is 2. The standard InChI is InChI=1S/C18H17N3O5S/c1-26-14-6-2-12(3-7-14)16-10-21(11-17(22)23)20-18(16)13-4-8-15(9-5-13)27(19,24)25/h2-10H,11H2,1H3,(H,22,23)(H2,19,24,25). The Morgan fingerprint density at radius 3 is 2.22 bits per heavy atom. The van der Waals surface area contributed by atoms with Gasteiger partial charge in [-0.25, -0.2) is 13.6 Å². The highest BCUT2D eigenvalue weighted by atomic mass is 32.2. The molecule has 27 heavy (non-hydrogen) atoms. The molecule has 1 aromatic heterocycles. The third-order valence-electron chi connectivity index (χ3n) is 3.92. The number of methoxy groups -OCH3 is 1. The molecule has 0 fully saturated rings. The van der Waals surface area contributed by atoms with E-state index in [4.69, 9.17) is 15.0 Å². The van der Waals surface area contributed by atoms with E-state index in [1.54, 1.807) is 37.6 Å². The maximum atomic E-state index is 11.4. The van der Waals surface area contributed by atoms with Gasteiger partial charge in [-0.15, -0.1) is 0 Å². The summed E-state index contributed by atoms with van der Waals surface area (Å²) in [7, 11) is -2.23. The minimum absolute atomic E-state index is 0.0118. The van der Waals surface area contributed by atoms with Crippen molar-refractivity contribution in [3.05, 3.63) is 54.7 Å². The van der Waals surface area contributed by atoms with Crippen molar-refractivity contribution in [2.75, 3.05) is 7.11 Å². The molecule has 2 aromatic carbocycles. The molecule has 0 amide bonds. The molecule has 0 atom stereocenters. The Morgan fingerprint density at radius 2 is 1.70 bits per heavy atom. The molecule has 8 nitrogen and oxygen atoms in total. The summed E-state index contributed by atoms with van der Waals surface area (Å²) in [5.41, 5.74) is 2.69. The second-order valence-corrected chi connectivity index (χ2v) is 7.34. The molecule has 0 aliphatic carbocycles. The van der Waals surface area contributed by atoms with Gasteiger partial charge in [0.1, 0.15) is 18.0 Å². The van der Waals surface area contributed by atoms with Crippen molar-refractivity contribution in [1.29, 1.82) is 0 Å². The van der Waals surface area contributed by atoms with Crippen LogP contribution in [0.2, 0.25) is 0 Å². The van der Waals surface area contributed by atoms with Gasteiger partial charge in [-0.1, -0.05) is 24.3 Å². The summed E-state index contributed by atoms with van der Waals surface area (Å²) in [5.74, 6) is -0.328. The van der Waals surface area contributed by atoms with Crippen molar-refractivity contribution in [3.63, 3.8) is 0 Å². The van der Waals surface area contributed by atoms with Crippen molar-refractivity contribution in [2.45, 2.75) is 11.4 Å². The minimum Gasteiger partial charge on any atom is -0.497 e. The summed E-state index contributed by atoms with van der Waals surface area (Å²) in [5, 5.41) is 18.5. The van der Waals surface area contributed by atoms with Crippen molar-refractivity contribution < 1.29 is 23.1 Å². The quantitative estimate of drug-likeness (QED) is 0.666. The smallest absolute Gasteiger partial charge is 0.325 e. The lowest BCUT2D eigenvalue weighted by Crippen LogP contribution is -2.11. The zero-order valence-electron chi connectivity index (χ0n) is 14.4. The van der Waals surface area contributed by atoms with Gasteiger partial charge in [-0.05, 0) is 29.8 Å². The van der Waals surface area contributed by atoms with Crippen LogP contribution in [0.15, 0.2) is 59.6 Å². The predicted octanol–water partition coefficient (Wildman–Crippen LogP) is 1.96. The van der Waals surface area contributed by atoms with E-state index in [0.717, 1.165) is 5.56 Å². The normalized spacial score (nSPS) is 11.3. The van der Waals surface area contributed by atoms with Crippen molar-refractivity contribution >= 4 is 16.0 Å². The maximum Gasteiger partial charge on any atom is 0.325 e. The van der Waals surface area contributed by atoms with Gasteiger partial charge in [-0.2, -0.15) is 5.10 Å². The van der Waals surface area contributed by atoms with Crippen LogP contribution in [0.4, 0.5) is 0 Å². The highest BCUT2D eigenvalue weighted by molar-refractivity contribution is 7.89. The molecule has 0 aliphatic rings. The first-order chi connectivity index (χ1) is 12.8. The third-order valence-corrected chi connectivity index (χ3v) is 4.85. The molecule has 3 rings (SSSR count). The van der Waals surface area contributed by atoms with Crippen LogP contribution in [0.1, 0.15) is 0 Å². The molecule has 0 radical (unpaired) electrons. The van der Waals surface area contributed by atoms with E-state index < -0.39 is 16.0 Å². The highest BCUT2D eigenvalue weighted by Gasteiger charge is 2.16. The lowest BCUT2D eigenvalue weighted by molar-refractivity contribution is -0.137. The maximum absolute atomic E-state index is 11.4. The SMILES string of the molecule is COc1ccc(-c2cn(CC(=O)O)nc2-c2ccc(S(N)(=O)=O)cc2)cc1. The van der Waals surface area contributed by atoms with Gasteiger partial charge in [0.05, 0.1) is 12.0 Å². The summed E-state index contributed by atoms with van der Waals surface area (Å²) in [6.07, 6.45) is 1.64. The second-order valence-electron chi connectivity index (χ2n) is 5.78. The molecule has 140 valence electrons. The summed E-state index contributed by atoms with van der Waals surface area (Å²) < 4.78 is 29.4. The molecule has 9 heteroatoms. The number of carboxylic acid groups (broad SMARTS) is 1. The number of ether oxygens (including phenoxy) is 1. The molecule has 1 heterocycles. The first kappa shape index (κ1) is 18.6. The third kappa shape index (κ3) is 4.15. The molecule has 3 aromatic rings. The fourth-order valence-corrected chi connectivity index (χ4v) is 3.15. The Morgan fingerprint density at radius 1 is 1.11 bits per heavy atom. The number of hydrogen-bond donors (Lipinski definition) is 2. The summed E-state index contributed by atoms with van der Waals surface area (Å²) in [6, 6.07) is 13.2. The van der Waals surface area contributed by atoms with Gasteiger partial charge in [0, 0.05) is 17.3 Å². The van der Waals surface area contributed by atoms with Gasteiger partial charge in [0.25, 0.3) is 0 Å². The van der Waals surface area contributed by atoms with E-state index in [9.17, 15) is 13.2 Å². The van der Waals surface area contributed by atoms with Gasteiger partial charge in [0.15, 0.2) is 0 Å². The van der Waals surface area contributed by atoms with E-state index in [0.29, 0.717) is 22.6 Å². The van der Waals surface area contributed by atoms with Gasteiger partial charge in [0.2, 0.25) is 10.0 Å². The number of carbonyl (C=O) groups is 1. The number of aliphatic carboxylic acids is 1. The highest BCUT2D eigenvalue weighted by Crippen LogP contribution is 2.32. The van der Waals surface area contributed by atoms with Crippen LogP contribution in [0.25, 0.3) is 22.4 Å². The molecular weight excluding hydrogens is 370 g/mol. The van der Waals surface area contributed by atoms with Crippen LogP contribution in [0, 0.1) is 0 Å². The molecule has 0 saturated heterocycles. The Hall–Kier alpha value is -3.17. The number of rotatable bonds is 6. The second kappa shape index (κ2) is 7.22. The largest absolute Gasteiger partial charge is 0.497 e. The molecule has 0 bridgehead atoms. The Balaban J connectivity index is 2.09. The van der Waals surface area contributed by atoms with Crippen LogP contribution < -0.4 is 9.88 Å². The number of carboxylic acids is 1. The number of primary sulfonamides is 1. The molecule has 0 aliphatic heterocycles. The van der Waals surface area contributed by atoms with Gasteiger partial charge in [-0.3, -0.25) is 9.48 Å². The van der Waals surface area contributed by atoms with Crippen molar-refractivity contribution in [1.82, 2.24) is 9.78 Å². The fraction of sp³-hybridized carbons (Fsp3) is 0.111. The average molecular weight is 387 g/mol. The number of benzene rings is 2. The molecule has 0 unspecified atom stereocenters. The average Bonchev–Trinajstić information content (AvgIpc) is 3.04. The van der Waals surface area contributed by atoms with E-state index >= 15 is 0 Å². The fourth-order valence-electron chi connectivity index (χ4n) is 2.64. The van der Waals surface area contributed by atoms with Crippen LogP contribution in [-0.4, -0.2) is 36.4 Å². The summed E-state index contributed by atoms with van der Waals surface area (Å²) in [4.78, 5) is 11.0. The minimum atomic E-state index is -3.80. The Labute approximate surface area is 155 Å². The van der Waals surface area contributed by atoms with E-state index in [1.165, 1.54) is 16.8 Å². The van der Waals surface area contributed by atoms with Crippen molar-refractivity contribution in [2.24, 2.45) is 5.14 Å². The summed E-state index contributed by atoms with van der Waals surface area (Å²) in [6.45, 7) is -0.293. The zero-order chi connectivity index (χ0) is 19.6. The summed E-state index contributed by atoms with van der Waals surface area (Å²) >= 11 is 0. The zero-order valence-corrected chi connectivity index (χ0v) is 15.2. The molecule has 0 saturated carbocycles. The first-order valence-electron chi connectivity index (χ1n) is 7.85. The van der Waals surface area contributed by atoms with E-state index in [1.807, 2.05) is 12.1 Å². The monoisotopic (exact) mass is 387 g/mol. The van der Waals surface area contributed by atoms with Gasteiger partial charge >= 0.3 is 5.97 Å². The van der Waals surface area contributed by atoms with Crippen LogP contribution >= 0.6 is 0 Å². The van der Waals surface area contributed by atoms with E-state index in [-0.39, 0.29) is 11.4 Å². The van der Waals surface area contributed by atoms with Gasteiger partial charge < -0.3 is 9.84 Å². The van der Waals surface area contributed by atoms with Crippen LogP contribution in [0.3, 0.4) is 0 Å². The number of nitrogens with two attached hydrogens (primary N) is 1. The molecule has 3 N–H and O–H groups in total. The lowest BCUT2D eigenvalue weighted by Gasteiger charge is -2.05. The lowest BCUT2D eigenvalue weighted by atomic mass is 10.0. The van der Waals surface area contributed by atoms with Crippen LogP contribution in [-0.2, 0) is 21.4 Å². The number of hydrogen-bond acceptors (Lipinski definition) is 5. The van der Waals surface area contributed by atoms with E-state index in [2.05, 4.69) is 5.10 Å². The molecular formula is C18H17N3O5S. The Bertz CT molecular complexity index is 1070. The molecule has 0 spiro atoms. The first-order valence-corrected chi connectivity index (χ1v) is 9.39. The van der Waals surface area contributed by atoms with Crippen LogP contribution in [0.5, 0.6) is 5.75 Å². The number of aromatic nitrogens is 2. The topological polar surface area (TPSA) is 125 Å². The number of sulfonamides is 1. The van der Waals surface area contributed by atoms with Crippen molar-refractivity contribution in [3.8, 4) is 28.1 Å².